The molecular weight excluding hydrogens is 336 g/mol. The van der Waals surface area contributed by atoms with Crippen LogP contribution in [0.2, 0.25) is 5.02 Å². The highest BCUT2D eigenvalue weighted by molar-refractivity contribution is 6.30. The Labute approximate surface area is 143 Å². The number of hydrogen-bond acceptors (Lipinski definition) is 5. The largest absolute Gasteiger partial charge is 0.492 e. The molecule has 1 aromatic rings. The first-order valence-electron chi connectivity index (χ1n) is 7.66. The quantitative estimate of drug-likeness (QED) is 0.831. The summed E-state index contributed by atoms with van der Waals surface area (Å²) in [5, 5.41) is 3.10. The molecule has 0 aliphatic carbocycles. The van der Waals surface area contributed by atoms with Gasteiger partial charge in [-0.2, -0.15) is 0 Å². The molecule has 128 valence electrons. The summed E-state index contributed by atoms with van der Waals surface area (Å²) >= 11 is 5.96. The predicted molar refractivity (Wildman–Crippen MR) is 84.8 cm³/mol. The van der Waals surface area contributed by atoms with Gasteiger partial charge in [-0.3, -0.25) is 14.5 Å². The minimum atomic E-state index is -1.03. The van der Waals surface area contributed by atoms with Crippen LogP contribution in [0.25, 0.3) is 0 Å². The Morgan fingerprint density at radius 3 is 2.96 bits per heavy atom. The van der Waals surface area contributed by atoms with E-state index in [4.69, 9.17) is 21.1 Å². The van der Waals surface area contributed by atoms with Crippen molar-refractivity contribution >= 4 is 29.5 Å². The minimum Gasteiger partial charge on any atom is -0.492 e. The smallest absolute Gasteiger partial charge is 0.324 e. The van der Waals surface area contributed by atoms with Crippen LogP contribution in [-0.2, 0) is 20.7 Å². The fraction of sp³-hybridized carbons (Fsp3) is 0.438. The van der Waals surface area contributed by atoms with Crippen LogP contribution in [0.15, 0.2) is 18.2 Å². The number of nitrogens with one attached hydrogen (secondary N) is 1. The van der Waals surface area contributed by atoms with Crippen LogP contribution in [-0.4, -0.2) is 48.6 Å². The van der Waals surface area contributed by atoms with Crippen LogP contribution in [0.1, 0.15) is 12.5 Å². The van der Waals surface area contributed by atoms with Crippen molar-refractivity contribution in [2.24, 2.45) is 5.92 Å². The number of rotatable bonds is 3. The molecule has 0 aromatic heterocycles. The molecule has 0 radical (unpaired) electrons. The minimum absolute atomic E-state index is 0.179. The molecule has 0 unspecified atom stereocenters. The predicted octanol–water partition coefficient (Wildman–Crippen LogP) is 1.37. The molecule has 1 aromatic carbocycles. The highest BCUT2D eigenvalue weighted by Crippen LogP contribution is 2.30. The Kier molecular flexibility index (Phi) is 4.62. The Morgan fingerprint density at radius 1 is 1.46 bits per heavy atom. The summed E-state index contributed by atoms with van der Waals surface area (Å²) in [6.45, 7) is 2.32. The molecule has 1 saturated heterocycles. The maximum Gasteiger partial charge on any atom is 0.324 e. The van der Waals surface area contributed by atoms with E-state index in [-0.39, 0.29) is 13.2 Å². The maximum absolute atomic E-state index is 12.3. The summed E-state index contributed by atoms with van der Waals surface area (Å²) in [5.41, 5.74) is 0.827. The van der Waals surface area contributed by atoms with Crippen LogP contribution in [0.4, 0.5) is 4.79 Å². The first-order chi connectivity index (χ1) is 11.5. The summed E-state index contributed by atoms with van der Waals surface area (Å²) in [6, 6.07) is 4.77. The zero-order valence-electron chi connectivity index (χ0n) is 13.1. The fourth-order valence-corrected chi connectivity index (χ4v) is 2.93. The van der Waals surface area contributed by atoms with Crippen LogP contribution in [0.5, 0.6) is 5.75 Å². The highest BCUT2D eigenvalue weighted by Gasteiger charge is 2.34. The Balaban J connectivity index is 1.61. The van der Waals surface area contributed by atoms with E-state index in [9.17, 15) is 14.4 Å². The standard InChI is InChI=1S/C16H17ClN2O5/c1-9(14(20)19-5-4-18-16(19)22)24-15(21)11-6-10-7-12(17)2-3-13(10)23-8-11/h2-3,7,9,11H,4-6,8H2,1H3,(H,18,22)/t9-,11+/m0/s1. The summed E-state index contributed by atoms with van der Waals surface area (Å²) in [5.74, 6) is -0.875. The average Bonchev–Trinajstić information content (AvgIpc) is 2.99. The van der Waals surface area contributed by atoms with Crippen molar-refractivity contribution in [3.8, 4) is 5.75 Å². The van der Waals surface area contributed by atoms with Gasteiger partial charge in [-0.1, -0.05) is 11.6 Å². The second-order valence-corrected chi connectivity index (χ2v) is 6.20. The van der Waals surface area contributed by atoms with Crippen molar-refractivity contribution in [1.82, 2.24) is 10.2 Å². The van der Waals surface area contributed by atoms with Crippen LogP contribution in [0.3, 0.4) is 0 Å². The number of benzene rings is 1. The van der Waals surface area contributed by atoms with E-state index in [0.717, 1.165) is 10.5 Å². The number of esters is 1. The van der Waals surface area contributed by atoms with Crippen molar-refractivity contribution in [1.29, 1.82) is 0 Å². The van der Waals surface area contributed by atoms with Gasteiger partial charge in [0.15, 0.2) is 6.10 Å². The average molecular weight is 353 g/mol. The van der Waals surface area contributed by atoms with Gasteiger partial charge in [0.1, 0.15) is 12.4 Å². The molecule has 24 heavy (non-hydrogen) atoms. The van der Waals surface area contributed by atoms with Crippen molar-refractivity contribution in [3.05, 3.63) is 28.8 Å². The molecular formula is C16H17ClN2O5. The number of carbonyl (C=O) groups is 3. The lowest BCUT2D eigenvalue weighted by atomic mass is 9.97. The molecule has 2 aliphatic heterocycles. The Morgan fingerprint density at radius 2 is 2.25 bits per heavy atom. The van der Waals surface area contributed by atoms with E-state index in [1.165, 1.54) is 6.92 Å². The van der Waals surface area contributed by atoms with E-state index < -0.39 is 29.9 Å². The number of nitrogens with zero attached hydrogens (tertiary/aromatic N) is 1. The number of imide groups is 1. The summed E-state index contributed by atoms with van der Waals surface area (Å²) in [6.07, 6.45) is -0.595. The van der Waals surface area contributed by atoms with Gasteiger partial charge in [0.2, 0.25) is 0 Å². The summed E-state index contributed by atoms with van der Waals surface area (Å²) in [7, 11) is 0. The number of urea groups is 1. The number of hydrogen-bond donors (Lipinski definition) is 1. The van der Waals surface area contributed by atoms with Crippen molar-refractivity contribution in [2.75, 3.05) is 19.7 Å². The van der Waals surface area contributed by atoms with Gasteiger partial charge in [-0.25, -0.2) is 4.79 Å². The van der Waals surface area contributed by atoms with Crippen molar-refractivity contribution in [3.63, 3.8) is 0 Å². The SMILES string of the molecule is C[C@H](OC(=O)[C@H]1COc2ccc(Cl)cc2C1)C(=O)N1CCNC1=O. The monoisotopic (exact) mass is 352 g/mol. The number of halogens is 1. The van der Waals surface area contributed by atoms with Crippen LogP contribution >= 0.6 is 11.6 Å². The lowest BCUT2D eigenvalue weighted by molar-refractivity contribution is -0.162. The van der Waals surface area contributed by atoms with E-state index in [1.807, 2.05) is 0 Å². The van der Waals surface area contributed by atoms with Crippen molar-refractivity contribution in [2.45, 2.75) is 19.4 Å². The third-order valence-electron chi connectivity index (χ3n) is 4.03. The fourth-order valence-electron chi connectivity index (χ4n) is 2.74. The van der Waals surface area contributed by atoms with Gasteiger partial charge >= 0.3 is 12.0 Å². The lowest BCUT2D eigenvalue weighted by Gasteiger charge is -2.26. The zero-order chi connectivity index (χ0) is 17.3. The summed E-state index contributed by atoms with van der Waals surface area (Å²) < 4.78 is 10.8. The number of amides is 3. The first kappa shape index (κ1) is 16.6. The zero-order valence-corrected chi connectivity index (χ0v) is 13.8. The molecule has 2 heterocycles. The van der Waals surface area contributed by atoms with Crippen LogP contribution in [0, 0.1) is 5.92 Å². The van der Waals surface area contributed by atoms with Crippen molar-refractivity contribution < 1.29 is 23.9 Å². The molecule has 3 rings (SSSR count). The molecule has 1 N–H and O–H groups in total. The van der Waals surface area contributed by atoms with Gasteiger partial charge in [0.05, 0.1) is 5.92 Å². The lowest BCUT2D eigenvalue weighted by Crippen LogP contribution is -2.43. The van der Waals surface area contributed by atoms with E-state index >= 15 is 0 Å². The second-order valence-electron chi connectivity index (χ2n) is 5.77. The molecule has 3 amide bonds. The number of carbonyl (C=O) groups excluding carboxylic acids is 3. The van der Waals surface area contributed by atoms with Gasteiger partial charge in [0.25, 0.3) is 5.91 Å². The first-order valence-corrected chi connectivity index (χ1v) is 8.04. The Hall–Kier alpha value is -2.28. The second kappa shape index (κ2) is 6.68. The topological polar surface area (TPSA) is 84.9 Å². The molecule has 2 aliphatic rings. The van der Waals surface area contributed by atoms with E-state index in [1.54, 1.807) is 18.2 Å². The number of fused-ring (bicyclic) bond motifs is 1. The maximum atomic E-state index is 12.3. The normalized spacial score (nSPS) is 20.7. The van der Waals surface area contributed by atoms with Gasteiger partial charge in [-0.15, -0.1) is 0 Å². The molecule has 8 heteroatoms. The van der Waals surface area contributed by atoms with Gasteiger partial charge in [0, 0.05) is 18.1 Å². The molecule has 7 nitrogen and oxygen atoms in total. The third kappa shape index (κ3) is 3.31. The van der Waals surface area contributed by atoms with Crippen LogP contribution < -0.4 is 10.1 Å². The van der Waals surface area contributed by atoms with Gasteiger partial charge in [-0.05, 0) is 37.1 Å². The summed E-state index contributed by atoms with van der Waals surface area (Å²) in [4.78, 5) is 37.0. The molecule has 2 atom stereocenters. The molecule has 0 spiro atoms. The van der Waals surface area contributed by atoms with E-state index in [2.05, 4.69) is 5.32 Å². The molecule has 0 saturated carbocycles. The number of ether oxygens (including phenoxy) is 2. The molecule has 0 bridgehead atoms. The Bertz CT molecular complexity index is 693. The molecule has 1 fully saturated rings. The highest BCUT2D eigenvalue weighted by atomic mass is 35.5. The third-order valence-corrected chi connectivity index (χ3v) is 4.26. The van der Waals surface area contributed by atoms with Gasteiger partial charge < -0.3 is 14.8 Å². The van der Waals surface area contributed by atoms with E-state index in [0.29, 0.717) is 23.7 Å².